The van der Waals surface area contributed by atoms with Crippen LogP contribution in [0.5, 0.6) is 0 Å². The summed E-state index contributed by atoms with van der Waals surface area (Å²) in [4.78, 5) is 11.1. The molecule has 0 aliphatic heterocycles. The molecule has 0 saturated heterocycles. The molecule has 1 N–H and O–H groups in total. The highest BCUT2D eigenvalue weighted by atomic mass is 16.5. The number of allylic oxidation sites excluding steroid dienone is 2. The van der Waals surface area contributed by atoms with E-state index in [1.54, 1.807) is 0 Å². The second-order valence-electron chi connectivity index (χ2n) is 7.29. The SMILES string of the molecule is CC(=O)OCC1C(C)(O)CCC(CC=C(C)C)C1(C)C. The Morgan fingerprint density at radius 3 is 2.40 bits per heavy atom. The van der Waals surface area contributed by atoms with Crippen LogP contribution in [0, 0.1) is 17.3 Å². The van der Waals surface area contributed by atoms with E-state index in [9.17, 15) is 9.90 Å². The van der Waals surface area contributed by atoms with Gasteiger partial charge >= 0.3 is 5.97 Å². The lowest BCUT2D eigenvalue weighted by Crippen LogP contribution is -2.53. The molecule has 0 spiro atoms. The van der Waals surface area contributed by atoms with Crippen LogP contribution in [-0.4, -0.2) is 23.3 Å². The van der Waals surface area contributed by atoms with Gasteiger partial charge in [0.1, 0.15) is 0 Å². The van der Waals surface area contributed by atoms with Crippen molar-refractivity contribution in [3.8, 4) is 0 Å². The lowest BCUT2D eigenvalue weighted by atomic mass is 9.56. The third-order valence-corrected chi connectivity index (χ3v) is 4.96. The summed E-state index contributed by atoms with van der Waals surface area (Å²) in [6.45, 7) is 12.2. The maximum atomic E-state index is 11.1. The van der Waals surface area contributed by atoms with E-state index >= 15 is 0 Å². The summed E-state index contributed by atoms with van der Waals surface area (Å²) in [7, 11) is 0. The maximum Gasteiger partial charge on any atom is 0.302 e. The van der Waals surface area contributed by atoms with Gasteiger partial charge in [-0.3, -0.25) is 4.79 Å². The lowest BCUT2D eigenvalue weighted by Gasteiger charge is -2.52. The van der Waals surface area contributed by atoms with E-state index < -0.39 is 5.60 Å². The normalized spacial score (nSPS) is 32.5. The molecule has 116 valence electrons. The van der Waals surface area contributed by atoms with Gasteiger partial charge < -0.3 is 9.84 Å². The summed E-state index contributed by atoms with van der Waals surface area (Å²) in [5.41, 5.74) is 0.512. The zero-order chi connectivity index (χ0) is 15.6. The summed E-state index contributed by atoms with van der Waals surface area (Å²) in [5, 5.41) is 10.7. The van der Waals surface area contributed by atoms with Gasteiger partial charge in [-0.1, -0.05) is 25.5 Å². The van der Waals surface area contributed by atoms with Gasteiger partial charge in [0.15, 0.2) is 0 Å². The van der Waals surface area contributed by atoms with Crippen molar-refractivity contribution in [2.24, 2.45) is 17.3 Å². The van der Waals surface area contributed by atoms with Gasteiger partial charge in [-0.25, -0.2) is 0 Å². The quantitative estimate of drug-likeness (QED) is 0.631. The zero-order valence-corrected chi connectivity index (χ0v) is 13.8. The van der Waals surface area contributed by atoms with Crippen LogP contribution < -0.4 is 0 Å². The van der Waals surface area contributed by atoms with Crippen LogP contribution in [0.4, 0.5) is 0 Å². The van der Waals surface area contributed by atoms with Crippen molar-refractivity contribution in [1.82, 2.24) is 0 Å². The van der Waals surface area contributed by atoms with Gasteiger partial charge in [-0.05, 0) is 51.4 Å². The molecule has 1 saturated carbocycles. The summed E-state index contributed by atoms with van der Waals surface area (Å²) in [6.07, 6.45) is 5.08. The van der Waals surface area contributed by atoms with Gasteiger partial charge in [-0.2, -0.15) is 0 Å². The zero-order valence-electron chi connectivity index (χ0n) is 13.8. The molecular formula is C17H30O3. The van der Waals surface area contributed by atoms with Crippen LogP contribution in [-0.2, 0) is 9.53 Å². The molecule has 20 heavy (non-hydrogen) atoms. The average Bonchev–Trinajstić information content (AvgIpc) is 2.25. The highest BCUT2D eigenvalue weighted by molar-refractivity contribution is 5.65. The number of hydrogen-bond donors (Lipinski definition) is 1. The van der Waals surface area contributed by atoms with Crippen LogP contribution in [0.25, 0.3) is 0 Å². The Kier molecular flexibility index (Phi) is 5.42. The summed E-state index contributed by atoms with van der Waals surface area (Å²) in [6, 6.07) is 0. The Morgan fingerprint density at radius 1 is 1.30 bits per heavy atom. The van der Waals surface area contributed by atoms with Crippen LogP contribution in [0.1, 0.15) is 60.8 Å². The van der Waals surface area contributed by atoms with Crippen molar-refractivity contribution in [2.75, 3.05) is 6.61 Å². The smallest absolute Gasteiger partial charge is 0.302 e. The van der Waals surface area contributed by atoms with E-state index in [0.29, 0.717) is 12.5 Å². The van der Waals surface area contributed by atoms with Crippen molar-refractivity contribution >= 4 is 5.97 Å². The van der Waals surface area contributed by atoms with Gasteiger partial charge in [0, 0.05) is 12.8 Å². The Labute approximate surface area is 123 Å². The Morgan fingerprint density at radius 2 is 1.90 bits per heavy atom. The molecule has 3 unspecified atom stereocenters. The van der Waals surface area contributed by atoms with Crippen molar-refractivity contribution in [2.45, 2.75) is 66.4 Å². The number of esters is 1. The Hall–Kier alpha value is -0.830. The number of aliphatic hydroxyl groups is 1. The van der Waals surface area contributed by atoms with Gasteiger partial charge in [0.2, 0.25) is 0 Å². The second kappa shape index (κ2) is 6.30. The van der Waals surface area contributed by atoms with Gasteiger partial charge in [0.25, 0.3) is 0 Å². The largest absolute Gasteiger partial charge is 0.465 e. The molecule has 0 aromatic carbocycles. The molecule has 0 heterocycles. The number of hydrogen-bond acceptors (Lipinski definition) is 3. The molecule has 0 aromatic heterocycles. The Balaban J connectivity index is 2.90. The van der Waals surface area contributed by atoms with Crippen molar-refractivity contribution in [3.63, 3.8) is 0 Å². The molecule has 0 amide bonds. The summed E-state index contributed by atoms with van der Waals surface area (Å²) >= 11 is 0. The first-order valence-electron chi connectivity index (χ1n) is 7.56. The molecule has 1 aliphatic rings. The molecule has 0 radical (unpaired) electrons. The molecule has 0 bridgehead atoms. The molecule has 3 heteroatoms. The van der Waals surface area contributed by atoms with E-state index in [4.69, 9.17) is 4.74 Å². The van der Waals surface area contributed by atoms with Crippen molar-refractivity contribution in [1.29, 1.82) is 0 Å². The minimum atomic E-state index is -0.763. The van der Waals surface area contributed by atoms with E-state index in [0.717, 1.165) is 19.3 Å². The second-order valence-corrected chi connectivity index (χ2v) is 7.29. The first-order chi connectivity index (χ1) is 9.07. The van der Waals surface area contributed by atoms with Crippen molar-refractivity contribution < 1.29 is 14.6 Å². The van der Waals surface area contributed by atoms with Gasteiger partial charge in [-0.15, -0.1) is 0 Å². The van der Waals surface area contributed by atoms with E-state index in [-0.39, 0.29) is 17.3 Å². The number of rotatable bonds is 4. The third kappa shape index (κ3) is 4.08. The fraction of sp³-hybridized carbons (Fsp3) is 0.824. The molecule has 3 nitrogen and oxygen atoms in total. The van der Waals surface area contributed by atoms with Crippen molar-refractivity contribution in [3.05, 3.63) is 11.6 Å². The fourth-order valence-electron chi connectivity index (χ4n) is 3.49. The monoisotopic (exact) mass is 282 g/mol. The molecule has 1 aliphatic carbocycles. The van der Waals surface area contributed by atoms with Crippen LogP contribution in [0.15, 0.2) is 11.6 Å². The minimum absolute atomic E-state index is 0.0248. The fourth-order valence-corrected chi connectivity index (χ4v) is 3.49. The van der Waals surface area contributed by atoms with E-state index in [2.05, 4.69) is 33.8 Å². The first kappa shape index (κ1) is 17.2. The number of carbonyl (C=O) groups excluding carboxylic acids is 1. The average molecular weight is 282 g/mol. The number of carbonyl (C=O) groups is 1. The number of ether oxygens (including phenoxy) is 1. The molecular weight excluding hydrogens is 252 g/mol. The highest BCUT2D eigenvalue weighted by Gasteiger charge is 2.50. The predicted octanol–water partition coefficient (Wildman–Crippen LogP) is 3.71. The van der Waals surface area contributed by atoms with Crippen LogP contribution >= 0.6 is 0 Å². The standard InChI is InChI=1S/C17H30O3/c1-12(2)7-8-14-9-10-17(6,19)15(16(14,4)5)11-20-13(3)18/h7,14-15,19H,8-11H2,1-6H3. The Bertz CT molecular complexity index is 376. The van der Waals surface area contributed by atoms with Gasteiger partial charge in [0.05, 0.1) is 12.2 Å². The maximum absolute atomic E-state index is 11.1. The minimum Gasteiger partial charge on any atom is -0.465 e. The molecule has 0 aromatic rings. The topological polar surface area (TPSA) is 46.5 Å². The molecule has 1 fully saturated rings. The highest BCUT2D eigenvalue weighted by Crippen LogP contribution is 2.51. The first-order valence-corrected chi connectivity index (χ1v) is 7.56. The lowest BCUT2D eigenvalue weighted by molar-refractivity contribution is -0.161. The predicted molar refractivity (Wildman–Crippen MR) is 81.3 cm³/mol. The van der Waals surface area contributed by atoms with E-state index in [1.165, 1.54) is 12.5 Å². The molecule has 3 atom stereocenters. The summed E-state index contributed by atoms with van der Waals surface area (Å²) in [5.74, 6) is 0.212. The van der Waals surface area contributed by atoms with E-state index in [1.807, 2.05) is 6.92 Å². The summed E-state index contributed by atoms with van der Waals surface area (Å²) < 4.78 is 5.21. The third-order valence-electron chi connectivity index (χ3n) is 4.96. The van der Waals surface area contributed by atoms with Crippen LogP contribution in [0.3, 0.4) is 0 Å². The van der Waals surface area contributed by atoms with Crippen LogP contribution in [0.2, 0.25) is 0 Å². The molecule has 1 rings (SSSR count).